The van der Waals surface area contributed by atoms with Gasteiger partial charge in [-0.1, -0.05) is 17.7 Å². The molecule has 1 aliphatic heterocycles. The number of aromatic carboxylic acids is 1. The number of benzene rings is 1. The van der Waals surface area contributed by atoms with E-state index in [2.05, 4.69) is 11.0 Å². The van der Waals surface area contributed by atoms with Crippen molar-refractivity contribution in [2.24, 2.45) is 0 Å². The average Bonchev–Trinajstić information content (AvgIpc) is 2.83. The highest BCUT2D eigenvalue weighted by Gasteiger charge is 2.18. The Balaban J connectivity index is 1.76. The Bertz CT molecular complexity index is 653. The zero-order valence-corrected chi connectivity index (χ0v) is 12.4. The molecule has 5 heteroatoms. The summed E-state index contributed by atoms with van der Waals surface area (Å²) in [7, 11) is 0. The lowest BCUT2D eigenvalue weighted by Gasteiger charge is -2.28. The summed E-state index contributed by atoms with van der Waals surface area (Å²) in [6.45, 7) is 2.66. The zero-order chi connectivity index (χ0) is 14.1. The van der Waals surface area contributed by atoms with Crippen LogP contribution in [0.3, 0.4) is 0 Å². The molecular weight excluding hydrogens is 294 g/mol. The van der Waals surface area contributed by atoms with Gasteiger partial charge < -0.3 is 5.11 Å². The van der Waals surface area contributed by atoms with E-state index in [4.69, 9.17) is 16.7 Å². The van der Waals surface area contributed by atoms with Gasteiger partial charge >= 0.3 is 5.97 Å². The first-order valence-electron chi connectivity index (χ1n) is 6.43. The van der Waals surface area contributed by atoms with Gasteiger partial charge in [0.05, 0.1) is 9.90 Å². The summed E-state index contributed by atoms with van der Waals surface area (Å²) >= 11 is 7.55. The fourth-order valence-electron chi connectivity index (χ4n) is 2.54. The number of carbonyl (C=O) groups is 1. The van der Waals surface area contributed by atoms with Gasteiger partial charge in [-0.25, -0.2) is 4.79 Å². The second-order valence-electron chi connectivity index (χ2n) is 4.96. The predicted molar refractivity (Wildman–Crippen MR) is 80.5 cm³/mol. The molecule has 0 atom stereocenters. The number of fused-ring (bicyclic) bond motifs is 1. The lowest BCUT2D eigenvalue weighted by molar-refractivity contribution is 0.0696. The number of rotatable bonds is 3. The number of carboxylic acids is 1. The molecule has 0 saturated heterocycles. The predicted octanol–water partition coefficient (Wildman–Crippen LogP) is 3.66. The van der Waals surface area contributed by atoms with Crippen LogP contribution in [0.25, 0.3) is 0 Å². The van der Waals surface area contributed by atoms with Crippen LogP contribution in [0.1, 0.15) is 26.4 Å². The van der Waals surface area contributed by atoms with E-state index in [0.29, 0.717) is 5.56 Å². The van der Waals surface area contributed by atoms with Crippen LogP contribution < -0.4 is 0 Å². The van der Waals surface area contributed by atoms with Gasteiger partial charge in [0.15, 0.2) is 0 Å². The van der Waals surface area contributed by atoms with Gasteiger partial charge in [0.2, 0.25) is 0 Å². The largest absolute Gasteiger partial charge is 0.478 e. The molecule has 20 heavy (non-hydrogen) atoms. The van der Waals surface area contributed by atoms with Gasteiger partial charge in [0, 0.05) is 24.5 Å². The minimum atomic E-state index is -0.866. The maximum absolute atomic E-state index is 11.0. The number of nitrogens with zero attached hydrogens (tertiary/aromatic N) is 1. The Morgan fingerprint density at radius 3 is 2.85 bits per heavy atom. The van der Waals surface area contributed by atoms with E-state index in [9.17, 15) is 4.79 Å². The molecule has 0 fully saturated rings. The van der Waals surface area contributed by atoms with Crippen molar-refractivity contribution < 1.29 is 9.90 Å². The molecule has 0 saturated carbocycles. The van der Waals surface area contributed by atoms with E-state index < -0.39 is 5.97 Å². The van der Waals surface area contributed by atoms with E-state index in [-0.39, 0.29) is 0 Å². The number of halogens is 1. The summed E-state index contributed by atoms with van der Waals surface area (Å²) in [6.07, 6.45) is 0.967. The van der Waals surface area contributed by atoms with Crippen molar-refractivity contribution in [2.45, 2.75) is 19.5 Å². The standard InChI is InChI=1S/C15H14ClNO2S/c16-14-4-3-13(20-14)9-17-6-5-10-1-2-11(15(18)19)7-12(10)8-17/h1-4,7H,5-6,8-9H2,(H,18,19). The maximum atomic E-state index is 11.0. The van der Waals surface area contributed by atoms with Gasteiger partial charge in [0.25, 0.3) is 0 Å². The molecule has 0 amide bonds. The fourth-order valence-corrected chi connectivity index (χ4v) is 3.67. The van der Waals surface area contributed by atoms with E-state index in [1.54, 1.807) is 23.5 Å². The van der Waals surface area contributed by atoms with Crippen molar-refractivity contribution in [3.63, 3.8) is 0 Å². The molecule has 0 aliphatic carbocycles. The van der Waals surface area contributed by atoms with Gasteiger partial charge in [-0.15, -0.1) is 11.3 Å². The average molecular weight is 308 g/mol. The molecule has 104 valence electrons. The normalized spacial score (nSPS) is 15.1. The smallest absolute Gasteiger partial charge is 0.335 e. The van der Waals surface area contributed by atoms with Crippen LogP contribution in [0.2, 0.25) is 4.34 Å². The van der Waals surface area contributed by atoms with Crippen LogP contribution in [0.4, 0.5) is 0 Å². The highest BCUT2D eigenvalue weighted by atomic mass is 35.5. The molecule has 0 radical (unpaired) electrons. The monoisotopic (exact) mass is 307 g/mol. The zero-order valence-electron chi connectivity index (χ0n) is 10.8. The molecule has 1 aromatic carbocycles. The number of hydrogen-bond acceptors (Lipinski definition) is 3. The van der Waals surface area contributed by atoms with E-state index in [1.165, 1.54) is 10.4 Å². The van der Waals surface area contributed by atoms with Crippen molar-refractivity contribution in [1.29, 1.82) is 0 Å². The molecule has 2 aromatic rings. The molecule has 3 rings (SSSR count). The highest BCUT2D eigenvalue weighted by Crippen LogP contribution is 2.26. The Morgan fingerprint density at radius 1 is 1.30 bits per heavy atom. The second-order valence-corrected chi connectivity index (χ2v) is 6.75. The first-order chi connectivity index (χ1) is 9.61. The molecule has 0 bridgehead atoms. The lowest BCUT2D eigenvalue weighted by atomic mass is 9.97. The maximum Gasteiger partial charge on any atom is 0.335 e. The Kier molecular flexibility index (Phi) is 3.78. The summed E-state index contributed by atoms with van der Waals surface area (Å²) in [4.78, 5) is 14.6. The molecule has 1 aromatic heterocycles. The molecule has 1 N–H and O–H groups in total. The van der Waals surface area contributed by atoms with Crippen LogP contribution >= 0.6 is 22.9 Å². The molecular formula is C15H14ClNO2S. The number of carboxylic acid groups (broad SMARTS) is 1. The lowest BCUT2D eigenvalue weighted by Crippen LogP contribution is -2.29. The minimum Gasteiger partial charge on any atom is -0.478 e. The van der Waals surface area contributed by atoms with Crippen molar-refractivity contribution in [2.75, 3.05) is 6.54 Å². The van der Waals surface area contributed by atoms with Crippen LogP contribution in [-0.2, 0) is 19.5 Å². The summed E-state index contributed by atoms with van der Waals surface area (Å²) in [5.74, 6) is -0.866. The number of hydrogen-bond donors (Lipinski definition) is 1. The van der Waals surface area contributed by atoms with Crippen LogP contribution in [0.15, 0.2) is 30.3 Å². The summed E-state index contributed by atoms with van der Waals surface area (Å²) < 4.78 is 0.811. The summed E-state index contributed by atoms with van der Waals surface area (Å²) in [6, 6.07) is 9.40. The summed E-state index contributed by atoms with van der Waals surface area (Å²) in [5, 5.41) is 9.06. The van der Waals surface area contributed by atoms with Crippen LogP contribution in [-0.4, -0.2) is 22.5 Å². The van der Waals surface area contributed by atoms with Crippen LogP contribution in [0, 0.1) is 0 Å². The Labute approximate surface area is 126 Å². The van der Waals surface area contributed by atoms with E-state index in [0.717, 1.165) is 36.0 Å². The van der Waals surface area contributed by atoms with Crippen molar-refractivity contribution in [1.82, 2.24) is 4.90 Å². The topological polar surface area (TPSA) is 40.5 Å². The third-order valence-corrected chi connectivity index (χ3v) is 4.77. The SMILES string of the molecule is O=C(O)c1ccc2c(c1)CN(Cc1ccc(Cl)s1)CC2. The van der Waals surface area contributed by atoms with Crippen molar-refractivity contribution in [3.05, 3.63) is 56.2 Å². The number of thiophene rings is 1. The van der Waals surface area contributed by atoms with Gasteiger partial charge in [-0.05, 0) is 41.8 Å². The minimum absolute atomic E-state index is 0.366. The highest BCUT2D eigenvalue weighted by molar-refractivity contribution is 7.16. The molecule has 3 nitrogen and oxygen atoms in total. The Hall–Kier alpha value is -1.36. The Morgan fingerprint density at radius 2 is 2.15 bits per heavy atom. The molecule has 0 unspecified atom stereocenters. The van der Waals surface area contributed by atoms with E-state index >= 15 is 0 Å². The molecule has 0 spiro atoms. The first-order valence-corrected chi connectivity index (χ1v) is 7.63. The molecule has 2 heterocycles. The van der Waals surface area contributed by atoms with Gasteiger partial charge in [-0.3, -0.25) is 4.90 Å². The van der Waals surface area contributed by atoms with Crippen molar-refractivity contribution >= 4 is 28.9 Å². The van der Waals surface area contributed by atoms with Crippen molar-refractivity contribution in [3.8, 4) is 0 Å². The molecule has 1 aliphatic rings. The van der Waals surface area contributed by atoms with Gasteiger partial charge in [-0.2, -0.15) is 0 Å². The third-order valence-electron chi connectivity index (χ3n) is 3.55. The second kappa shape index (κ2) is 5.56. The van der Waals surface area contributed by atoms with E-state index in [1.807, 2.05) is 12.1 Å². The third kappa shape index (κ3) is 2.87. The quantitative estimate of drug-likeness (QED) is 0.941. The summed E-state index contributed by atoms with van der Waals surface area (Å²) in [5.41, 5.74) is 2.75. The first kappa shape index (κ1) is 13.6. The van der Waals surface area contributed by atoms with Crippen LogP contribution in [0.5, 0.6) is 0 Å². The fraction of sp³-hybridized carbons (Fsp3) is 0.267. The van der Waals surface area contributed by atoms with Gasteiger partial charge in [0.1, 0.15) is 0 Å².